The summed E-state index contributed by atoms with van der Waals surface area (Å²) in [6, 6.07) is 9.47. The number of nitrogens with one attached hydrogen (secondary N) is 3. The molecule has 0 spiro atoms. The van der Waals surface area contributed by atoms with Gasteiger partial charge in [0.25, 0.3) is 0 Å². The number of tetrazole rings is 1. The number of esters is 1. The molecule has 0 unspecified atom stereocenters. The molecule has 0 bridgehead atoms. The van der Waals surface area contributed by atoms with Crippen LogP contribution in [-0.2, 0) is 16.0 Å². The normalized spacial score (nSPS) is 10.4. The number of hydrogen-bond donors (Lipinski definition) is 3. The highest BCUT2D eigenvalue weighted by Crippen LogP contribution is 2.27. The minimum atomic E-state index is -0.504. The van der Waals surface area contributed by atoms with Crippen molar-refractivity contribution >= 4 is 46.6 Å². The lowest BCUT2D eigenvalue weighted by Gasteiger charge is -2.12. The number of benzene rings is 2. The van der Waals surface area contributed by atoms with Crippen LogP contribution >= 0.6 is 23.2 Å². The number of halogens is 2. The van der Waals surface area contributed by atoms with Gasteiger partial charge in [0, 0.05) is 27.7 Å². The fraction of sp³-hybridized carbons (Fsp3) is 0.167. The molecule has 2 aromatic carbocycles. The number of anilines is 2. The van der Waals surface area contributed by atoms with Gasteiger partial charge >= 0.3 is 12.0 Å². The summed E-state index contributed by atoms with van der Waals surface area (Å²) < 4.78 is 4.66. The molecule has 9 nitrogen and oxygen atoms in total. The quantitative estimate of drug-likeness (QED) is 0.505. The number of amides is 2. The van der Waals surface area contributed by atoms with Crippen molar-refractivity contribution in [3.63, 3.8) is 0 Å². The van der Waals surface area contributed by atoms with E-state index in [1.165, 1.54) is 7.11 Å². The van der Waals surface area contributed by atoms with Gasteiger partial charge in [-0.1, -0.05) is 29.3 Å². The van der Waals surface area contributed by atoms with Gasteiger partial charge in [0.15, 0.2) is 0 Å². The van der Waals surface area contributed by atoms with Gasteiger partial charge < -0.3 is 15.4 Å². The molecule has 3 aromatic rings. The summed E-state index contributed by atoms with van der Waals surface area (Å²) in [5.41, 5.74) is 2.29. The van der Waals surface area contributed by atoms with E-state index >= 15 is 0 Å². The molecule has 0 aliphatic carbocycles. The van der Waals surface area contributed by atoms with E-state index in [-0.39, 0.29) is 12.4 Å². The number of rotatable bonds is 6. The lowest BCUT2D eigenvalue weighted by atomic mass is 10.0. The van der Waals surface area contributed by atoms with Crippen molar-refractivity contribution < 1.29 is 14.3 Å². The molecule has 1 aromatic heterocycles. The van der Waals surface area contributed by atoms with Crippen LogP contribution in [0.15, 0.2) is 36.4 Å². The zero-order valence-corrected chi connectivity index (χ0v) is 16.7. The largest absolute Gasteiger partial charge is 0.469 e. The summed E-state index contributed by atoms with van der Waals surface area (Å²) in [5, 5.41) is 20.1. The standard InChI is InChI=1S/C18H16Cl2N6O3/c1-29-16(27)5-3-10-2-4-15(14(6-10)17-23-25-26-24-17)22-18(28)21-13-8-11(19)7-12(20)9-13/h2,4,6-9H,3,5H2,1H3,(H2,21,22,28)(H,23,24,25,26). The third-order valence-electron chi connectivity index (χ3n) is 3.88. The number of urea groups is 1. The third kappa shape index (κ3) is 5.66. The van der Waals surface area contributed by atoms with Crippen LogP contribution in [0.1, 0.15) is 12.0 Å². The maximum atomic E-state index is 12.4. The minimum absolute atomic E-state index is 0.227. The van der Waals surface area contributed by atoms with Crippen molar-refractivity contribution in [3.8, 4) is 11.4 Å². The number of carbonyl (C=O) groups is 2. The molecule has 0 saturated heterocycles. The summed E-state index contributed by atoms with van der Waals surface area (Å²) in [6.45, 7) is 0. The van der Waals surface area contributed by atoms with Crippen LogP contribution < -0.4 is 10.6 Å². The Morgan fingerprint density at radius 3 is 2.52 bits per heavy atom. The van der Waals surface area contributed by atoms with E-state index < -0.39 is 6.03 Å². The summed E-state index contributed by atoms with van der Waals surface area (Å²) in [4.78, 5) is 23.8. The molecule has 2 amide bonds. The van der Waals surface area contributed by atoms with Gasteiger partial charge in [-0.25, -0.2) is 4.79 Å². The van der Waals surface area contributed by atoms with E-state index in [1.807, 2.05) is 0 Å². The first-order chi connectivity index (χ1) is 13.9. The van der Waals surface area contributed by atoms with Crippen molar-refractivity contribution in [1.82, 2.24) is 20.6 Å². The highest BCUT2D eigenvalue weighted by Gasteiger charge is 2.14. The molecule has 3 rings (SSSR count). The van der Waals surface area contributed by atoms with Crippen molar-refractivity contribution in [3.05, 3.63) is 52.0 Å². The van der Waals surface area contributed by atoms with Crippen molar-refractivity contribution in [2.24, 2.45) is 0 Å². The number of ether oxygens (including phenoxy) is 1. The minimum Gasteiger partial charge on any atom is -0.469 e. The van der Waals surface area contributed by atoms with E-state index in [4.69, 9.17) is 23.2 Å². The molecule has 0 aliphatic rings. The Labute approximate surface area is 175 Å². The zero-order valence-electron chi connectivity index (χ0n) is 15.2. The van der Waals surface area contributed by atoms with Gasteiger partial charge in [-0.15, -0.1) is 10.2 Å². The van der Waals surface area contributed by atoms with Crippen LogP contribution in [0, 0.1) is 0 Å². The summed E-state index contributed by atoms with van der Waals surface area (Å²) in [6.07, 6.45) is 0.690. The summed E-state index contributed by atoms with van der Waals surface area (Å²) >= 11 is 11.9. The van der Waals surface area contributed by atoms with Crippen molar-refractivity contribution in [1.29, 1.82) is 0 Å². The van der Waals surface area contributed by atoms with Crippen LogP contribution in [0.2, 0.25) is 10.0 Å². The first-order valence-corrected chi connectivity index (χ1v) is 9.18. The number of methoxy groups -OCH3 is 1. The molecule has 0 radical (unpaired) electrons. The smallest absolute Gasteiger partial charge is 0.323 e. The monoisotopic (exact) mass is 434 g/mol. The molecule has 29 heavy (non-hydrogen) atoms. The van der Waals surface area contributed by atoms with Crippen molar-refractivity contribution in [2.75, 3.05) is 17.7 Å². The van der Waals surface area contributed by atoms with Gasteiger partial charge in [0.1, 0.15) is 0 Å². The lowest BCUT2D eigenvalue weighted by molar-refractivity contribution is -0.140. The Hall–Kier alpha value is -3.17. The fourth-order valence-electron chi connectivity index (χ4n) is 2.58. The Morgan fingerprint density at radius 2 is 1.86 bits per heavy atom. The topological polar surface area (TPSA) is 122 Å². The predicted octanol–water partition coefficient (Wildman–Crippen LogP) is 3.92. The van der Waals surface area contributed by atoms with E-state index in [0.29, 0.717) is 39.2 Å². The fourth-order valence-corrected chi connectivity index (χ4v) is 3.10. The highest BCUT2D eigenvalue weighted by molar-refractivity contribution is 6.35. The molecule has 0 atom stereocenters. The molecule has 0 aliphatic heterocycles. The third-order valence-corrected chi connectivity index (χ3v) is 4.32. The molecule has 1 heterocycles. The van der Waals surface area contributed by atoms with Crippen LogP contribution in [0.5, 0.6) is 0 Å². The van der Waals surface area contributed by atoms with Crippen LogP contribution in [0.4, 0.5) is 16.2 Å². The summed E-state index contributed by atoms with van der Waals surface area (Å²) in [5.74, 6) is -0.0149. The maximum absolute atomic E-state index is 12.4. The molecule has 3 N–H and O–H groups in total. The van der Waals surface area contributed by atoms with E-state index in [9.17, 15) is 9.59 Å². The Kier molecular flexibility index (Phi) is 6.63. The number of aromatic nitrogens is 4. The van der Waals surface area contributed by atoms with Gasteiger partial charge in [0.2, 0.25) is 5.82 Å². The maximum Gasteiger partial charge on any atom is 0.323 e. The molecular formula is C18H16Cl2N6O3. The molecule has 150 valence electrons. The Balaban J connectivity index is 1.80. The van der Waals surface area contributed by atoms with Gasteiger partial charge in [0.05, 0.1) is 12.8 Å². The average molecular weight is 435 g/mol. The second-order valence-corrected chi connectivity index (χ2v) is 6.80. The predicted molar refractivity (Wildman–Crippen MR) is 109 cm³/mol. The second kappa shape index (κ2) is 9.35. The van der Waals surface area contributed by atoms with Gasteiger partial charge in [-0.3, -0.25) is 4.79 Å². The number of aryl methyl sites for hydroxylation is 1. The van der Waals surface area contributed by atoms with Crippen LogP contribution in [0.3, 0.4) is 0 Å². The summed E-state index contributed by atoms with van der Waals surface area (Å²) in [7, 11) is 1.34. The average Bonchev–Trinajstić information content (AvgIpc) is 3.20. The van der Waals surface area contributed by atoms with E-state index in [2.05, 4.69) is 36.0 Å². The van der Waals surface area contributed by atoms with Gasteiger partial charge in [-0.05, 0) is 47.5 Å². The molecule has 0 saturated carbocycles. The molecule has 11 heteroatoms. The molecular weight excluding hydrogens is 419 g/mol. The van der Waals surface area contributed by atoms with E-state index in [1.54, 1.807) is 36.4 Å². The Morgan fingerprint density at radius 1 is 1.10 bits per heavy atom. The number of aromatic amines is 1. The van der Waals surface area contributed by atoms with Crippen molar-refractivity contribution in [2.45, 2.75) is 12.8 Å². The SMILES string of the molecule is COC(=O)CCc1ccc(NC(=O)Nc2cc(Cl)cc(Cl)c2)c(-c2nn[nH]n2)c1. The first-order valence-electron chi connectivity index (χ1n) is 8.42. The molecule has 0 fully saturated rings. The second-order valence-electron chi connectivity index (χ2n) is 5.93. The van der Waals surface area contributed by atoms with Gasteiger partial charge in [-0.2, -0.15) is 5.21 Å². The number of nitrogens with zero attached hydrogens (tertiary/aromatic N) is 3. The number of carbonyl (C=O) groups excluding carboxylic acids is 2. The number of H-pyrrole nitrogens is 1. The lowest BCUT2D eigenvalue weighted by Crippen LogP contribution is -2.20. The van der Waals surface area contributed by atoms with Crippen LogP contribution in [-0.4, -0.2) is 39.7 Å². The van der Waals surface area contributed by atoms with E-state index in [0.717, 1.165) is 5.56 Å². The van der Waals surface area contributed by atoms with Crippen LogP contribution in [0.25, 0.3) is 11.4 Å². The Bertz CT molecular complexity index is 1010. The number of hydrogen-bond acceptors (Lipinski definition) is 6. The highest BCUT2D eigenvalue weighted by atomic mass is 35.5. The zero-order chi connectivity index (χ0) is 20.8. The first kappa shape index (κ1) is 20.6.